The van der Waals surface area contributed by atoms with E-state index in [1.165, 1.54) is 5.56 Å². The van der Waals surface area contributed by atoms with E-state index in [9.17, 15) is 4.79 Å². The van der Waals surface area contributed by atoms with E-state index in [1.807, 2.05) is 33.8 Å². The fraction of sp³-hybridized carbons (Fsp3) is 0.588. The van der Waals surface area contributed by atoms with Crippen LogP contribution in [0.2, 0.25) is 0 Å². The van der Waals surface area contributed by atoms with Gasteiger partial charge in [-0.25, -0.2) is 0 Å². The summed E-state index contributed by atoms with van der Waals surface area (Å²) in [6.07, 6.45) is 0.888. The van der Waals surface area contributed by atoms with Gasteiger partial charge in [-0.1, -0.05) is 44.2 Å². The molecule has 3 nitrogen and oxygen atoms in total. The summed E-state index contributed by atoms with van der Waals surface area (Å²) in [6.45, 7) is 11.0. The molecule has 0 aromatic heterocycles. The second kappa shape index (κ2) is 8.05. The van der Waals surface area contributed by atoms with E-state index in [4.69, 9.17) is 4.74 Å². The minimum atomic E-state index is -0.329. The lowest BCUT2D eigenvalue weighted by atomic mass is 9.90. The van der Waals surface area contributed by atoms with Crippen LogP contribution >= 0.6 is 0 Å². The Bertz CT molecular complexity index is 405. The molecule has 0 spiro atoms. The van der Waals surface area contributed by atoms with Crippen molar-refractivity contribution in [1.82, 2.24) is 4.90 Å². The van der Waals surface area contributed by atoms with Gasteiger partial charge in [0.05, 0.1) is 12.0 Å². The molecule has 0 amide bonds. The molecule has 112 valence electrons. The molecule has 2 rings (SSSR count). The molecule has 1 aromatic carbocycles. The minimum Gasteiger partial charge on any atom is -0.466 e. The minimum absolute atomic E-state index is 0.0550. The second-order valence-electron chi connectivity index (χ2n) is 5.23. The number of carbonyl (C=O) groups excluding carboxylic acids is 1. The largest absolute Gasteiger partial charge is 0.466 e. The van der Waals surface area contributed by atoms with E-state index in [-0.39, 0.29) is 11.4 Å². The van der Waals surface area contributed by atoms with Gasteiger partial charge in [-0.15, -0.1) is 0 Å². The van der Waals surface area contributed by atoms with Crippen LogP contribution in [0, 0.1) is 5.41 Å². The summed E-state index contributed by atoms with van der Waals surface area (Å²) in [5.41, 5.74) is 0.968. The lowest BCUT2D eigenvalue weighted by Gasteiger charge is -2.22. The molecule has 1 atom stereocenters. The number of carbonyl (C=O) groups is 1. The first-order valence-electron chi connectivity index (χ1n) is 7.57. The highest BCUT2D eigenvalue weighted by Gasteiger charge is 2.41. The molecule has 1 saturated heterocycles. The molecule has 1 aromatic rings. The van der Waals surface area contributed by atoms with E-state index < -0.39 is 0 Å². The standard InChI is InChI=1S/C15H21NO2.C2H6/c1-3-18-14(17)15(2)9-10-16(12-15)11-13-7-5-4-6-8-13;1-2/h4-8H,3,9-12H2,1-2H3;1-2H3. The maximum atomic E-state index is 11.9. The molecule has 1 heterocycles. The summed E-state index contributed by atoms with van der Waals surface area (Å²) < 4.78 is 5.16. The SMILES string of the molecule is CC.CCOC(=O)C1(C)CCN(Cc2ccccc2)C1. The van der Waals surface area contributed by atoms with Gasteiger partial charge in [0.25, 0.3) is 0 Å². The average molecular weight is 277 g/mol. The number of hydrogen-bond donors (Lipinski definition) is 0. The molecule has 0 saturated carbocycles. The Hall–Kier alpha value is -1.35. The Labute approximate surface area is 122 Å². The first-order chi connectivity index (χ1) is 9.64. The van der Waals surface area contributed by atoms with Crippen LogP contribution in [-0.2, 0) is 16.1 Å². The third-order valence-corrected chi connectivity index (χ3v) is 3.57. The second-order valence-corrected chi connectivity index (χ2v) is 5.23. The van der Waals surface area contributed by atoms with Gasteiger partial charge in [0.2, 0.25) is 0 Å². The molecule has 0 N–H and O–H groups in total. The Kier molecular flexibility index (Phi) is 6.73. The van der Waals surface area contributed by atoms with Crippen molar-refractivity contribution in [3.05, 3.63) is 35.9 Å². The first-order valence-corrected chi connectivity index (χ1v) is 7.57. The molecule has 0 radical (unpaired) electrons. The number of nitrogens with zero attached hydrogens (tertiary/aromatic N) is 1. The number of rotatable bonds is 4. The van der Waals surface area contributed by atoms with Crippen LogP contribution in [-0.4, -0.2) is 30.6 Å². The molecule has 3 heteroatoms. The van der Waals surface area contributed by atoms with Crippen molar-refractivity contribution >= 4 is 5.97 Å². The first kappa shape index (κ1) is 16.7. The summed E-state index contributed by atoms with van der Waals surface area (Å²) in [4.78, 5) is 14.2. The number of esters is 1. The Morgan fingerprint density at radius 1 is 1.30 bits per heavy atom. The Balaban J connectivity index is 0.000000956. The van der Waals surface area contributed by atoms with Crippen LogP contribution in [0.15, 0.2) is 30.3 Å². The maximum Gasteiger partial charge on any atom is 0.313 e. The number of ether oxygens (including phenoxy) is 1. The predicted molar refractivity (Wildman–Crippen MR) is 82.4 cm³/mol. The molecule has 1 fully saturated rings. The monoisotopic (exact) mass is 277 g/mol. The van der Waals surface area contributed by atoms with Gasteiger partial charge in [-0.3, -0.25) is 9.69 Å². The highest BCUT2D eigenvalue weighted by Crippen LogP contribution is 2.32. The van der Waals surface area contributed by atoms with Crippen molar-refractivity contribution in [1.29, 1.82) is 0 Å². The molecular formula is C17H27NO2. The van der Waals surface area contributed by atoms with Gasteiger partial charge in [0, 0.05) is 13.1 Å². The van der Waals surface area contributed by atoms with E-state index in [0.717, 1.165) is 26.1 Å². The fourth-order valence-corrected chi connectivity index (χ4v) is 2.51. The summed E-state index contributed by atoms with van der Waals surface area (Å²) in [6, 6.07) is 10.4. The lowest BCUT2D eigenvalue weighted by Crippen LogP contribution is -2.33. The Morgan fingerprint density at radius 2 is 1.95 bits per heavy atom. The summed E-state index contributed by atoms with van der Waals surface area (Å²) in [5.74, 6) is -0.0550. The van der Waals surface area contributed by atoms with E-state index in [1.54, 1.807) is 0 Å². The third-order valence-electron chi connectivity index (χ3n) is 3.57. The topological polar surface area (TPSA) is 29.5 Å². The van der Waals surface area contributed by atoms with Crippen molar-refractivity contribution in [3.8, 4) is 0 Å². The van der Waals surface area contributed by atoms with Gasteiger partial charge in [0.15, 0.2) is 0 Å². The molecule has 20 heavy (non-hydrogen) atoms. The summed E-state index contributed by atoms with van der Waals surface area (Å²) in [5, 5.41) is 0. The normalized spacial score (nSPS) is 22.0. The van der Waals surface area contributed by atoms with Gasteiger partial charge < -0.3 is 4.74 Å². The zero-order valence-corrected chi connectivity index (χ0v) is 13.2. The van der Waals surface area contributed by atoms with Crippen molar-refractivity contribution in [2.75, 3.05) is 19.7 Å². The third kappa shape index (κ3) is 4.34. The average Bonchev–Trinajstić information content (AvgIpc) is 2.85. The molecule has 1 aliphatic heterocycles. The molecule has 1 aliphatic rings. The predicted octanol–water partition coefficient (Wildman–Crippen LogP) is 3.49. The number of likely N-dealkylation sites (tertiary alicyclic amines) is 1. The van der Waals surface area contributed by atoms with Gasteiger partial charge >= 0.3 is 5.97 Å². The van der Waals surface area contributed by atoms with Crippen molar-refractivity contribution in [3.63, 3.8) is 0 Å². The van der Waals surface area contributed by atoms with Gasteiger partial charge in [-0.2, -0.15) is 0 Å². The van der Waals surface area contributed by atoms with Crippen molar-refractivity contribution < 1.29 is 9.53 Å². The van der Waals surface area contributed by atoms with E-state index in [2.05, 4.69) is 29.2 Å². The molecule has 0 bridgehead atoms. The van der Waals surface area contributed by atoms with Gasteiger partial charge in [-0.05, 0) is 32.4 Å². The van der Waals surface area contributed by atoms with Crippen molar-refractivity contribution in [2.45, 2.75) is 40.7 Å². The highest BCUT2D eigenvalue weighted by molar-refractivity contribution is 5.77. The summed E-state index contributed by atoms with van der Waals surface area (Å²) in [7, 11) is 0. The maximum absolute atomic E-state index is 11.9. The van der Waals surface area contributed by atoms with Crippen LogP contribution in [0.3, 0.4) is 0 Å². The highest BCUT2D eigenvalue weighted by atomic mass is 16.5. The smallest absolute Gasteiger partial charge is 0.313 e. The Morgan fingerprint density at radius 3 is 2.55 bits per heavy atom. The fourth-order valence-electron chi connectivity index (χ4n) is 2.51. The molecular weight excluding hydrogens is 250 g/mol. The summed E-state index contributed by atoms with van der Waals surface area (Å²) >= 11 is 0. The molecule has 1 unspecified atom stereocenters. The van der Waals surface area contributed by atoms with Crippen LogP contribution in [0.4, 0.5) is 0 Å². The lowest BCUT2D eigenvalue weighted by molar-refractivity contribution is -0.153. The van der Waals surface area contributed by atoms with E-state index >= 15 is 0 Å². The number of benzene rings is 1. The zero-order chi connectivity index (χ0) is 15.0. The number of hydrogen-bond acceptors (Lipinski definition) is 3. The molecule has 0 aliphatic carbocycles. The quantitative estimate of drug-likeness (QED) is 0.789. The van der Waals surface area contributed by atoms with Crippen LogP contribution in [0.25, 0.3) is 0 Å². The van der Waals surface area contributed by atoms with E-state index in [0.29, 0.717) is 6.61 Å². The van der Waals surface area contributed by atoms with Crippen LogP contribution < -0.4 is 0 Å². The van der Waals surface area contributed by atoms with Crippen molar-refractivity contribution in [2.24, 2.45) is 5.41 Å². The van der Waals surface area contributed by atoms with Crippen LogP contribution in [0.1, 0.15) is 39.7 Å². The zero-order valence-electron chi connectivity index (χ0n) is 13.2. The van der Waals surface area contributed by atoms with Gasteiger partial charge in [0.1, 0.15) is 0 Å². The van der Waals surface area contributed by atoms with Crippen LogP contribution in [0.5, 0.6) is 0 Å².